The molecule has 2 aromatic carbocycles. The van der Waals surface area contributed by atoms with E-state index in [1.807, 2.05) is 18.2 Å². The average Bonchev–Trinajstić information content (AvgIpc) is 3.14. The molecule has 1 aliphatic carbocycles. The smallest absolute Gasteiger partial charge is 0.344 e. The molecule has 27 heavy (non-hydrogen) atoms. The number of carbonyl (C=O) groups excluding carboxylic acids is 2. The summed E-state index contributed by atoms with van der Waals surface area (Å²) < 4.78 is 15.7. The third kappa shape index (κ3) is 5.00. The van der Waals surface area contributed by atoms with E-state index in [0.717, 1.165) is 19.3 Å². The van der Waals surface area contributed by atoms with Crippen molar-refractivity contribution in [3.05, 3.63) is 53.6 Å². The highest BCUT2D eigenvalue weighted by Gasteiger charge is 2.19. The van der Waals surface area contributed by atoms with Crippen LogP contribution in [0.25, 0.3) is 0 Å². The van der Waals surface area contributed by atoms with Crippen molar-refractivity contribution in [1.82, 2.24) is 0 Å². The fourth-order valence-corrected chi connectivity index (χ4v) is 2.98. The summed E-state index contributed by atoms with van der Waals surface area (Å²) in [5.41, 5.74) is 3.21. The minimum atomic E-state index is -0.928. The number of hydrogen-bond acceptors (Lipinski definition) is 5. The second kappa shape index (κ2) is 8.58. The number of rotatable bonds is 7. The van der Waals surface area contributed by atoms with E-state index in [4.69, 9.17) is 14.2 Å². The molecule has 0 heterocycles. The fourth-order valence-electron chi connectivity index (χ4n) is 2.98. The third-order valence-electron chi connectivity index (χ3n) is 4.46. The Kier molecular flexibility index (Phi) is 5.96. The molecule has 0 fully saturated rings. The predicted octanol–water partition coefficient (Wildman–Crippen LogP) is 3.13. The summed E-state index contributed by atoms with van der Waals surface area (Å²) in [6.45, 7) is 1.28. The number of nitrogens with one attached hydrogen (secondary N) is 1. The molecule has 0 bridgehead atoms. The summed E-state index contributed by atoms with van der Waals surface area (Å²) >= 11 is 0. The number of anilines is 1. The molecule has 0 aromatic heterocycles. The van der Waals surface area contributed by atoms with Crippen molar-refractivity contribution in [2.75, 3.05) is 19.0 Å². The van der Waals surface area contributed by atoms with Crippen LogP contribution in [0.5, 0.6) is 11.5 Å². The fraction of sp³-hybridized carbons (Fsp3) is 0.333. The number of esters is 1. The van der Waals surface area contributed by atoms with Gasteiger partial charge in [-0.1, -0.05) is 6.07 Å². The minimum absolute atomic E-state index is 0.237. The minimum Gasteiger partial charge on any atom is -0.497 e. The highest BCUT2D eigenvalue weighted by Crippen LogP contribution is 2.26. The molecule has 142 valence electrons. The number of amides is 1. The van der Waals surface area contributed by atoms with Gasteiger partial charge in [-0.15, -0.1) is 0 Å². The molecule has 0 radical (unpaired) electrons. The van der Waals surface area contributed by atoms with Crippen molar-refractivity contribution < 1.29 is 23.8 Å². The molecule has 0 spiro atoms. The molecule has 0 saturated heterocycles. The van der Waals surface area contributed by atoms with Crippen LogP contribution in [-0.2, 0) is 27.2 Å². The Balaban J connectivity index is 1.45. The summed E-state index contributed by atoms with van der Waals surface area (Å²) in [7, 11) is 1.57. The Hall–Kier alpha value is -3.02. The number of ether oxygens (including phenoxy) is 3. The molecule has 1 unspecified atom stereocenters. The highest BCUT2D eigenvalue weighted by atomic mass is 16.6. The Labute approximate surface area is 158 Å². The molecule has 2 aromatic rings. The van der Waals surface area contributed by atoms with E-state index < -0.39 is 18.0 Å². The third-order valence-corrected chi connectivity index (χ3v) is 4.46. The van der Waals surface area contributed by atoms with Crippen LogP contribution >= 0.6 is 0 Å². The number of fused-ring (bicyclic) bond motifs is 1. The lowest BCUT2D eigenvalue weighted by atomic mass is 10.1. The van der Waals surface area contributed by atoms with Crippen molar-refractivity contribution in [2.24, 2.45) is 0 Å². The van der Waals surface area contributed by atoms with E-state index in [1.165, 1.54) is 18.1 Å². The topological polar surface area (TPSA) is 73.9 Å². The maximum atomic E-state index is 12.1. The average molecular weight is 369 g/mol. The van der Waals surface area contributed by atoms with Crippen LogP contribution in [-0.4, -0.2) is 31.7 Å². The van der Waals surface area contributed by atoms with E-state index in [-0.39, 0.29) is 6.61 Å². The monoisotopic (exact) mass is 369 g/mol. The molecule has 0 aliphatic heterocycles. The number of methoxy groups -OCH3 is 1. The maximum Gasteiger partial charge on any atom is 0.344 e. The Morgan fingerprint density at radius 1 is 1.04 bits per heavy atom. The lowest BCUT2D eigenvalue weighted by Gasteiger charge is -2.14. The van der Waals surface area contributed by atoms with Crippen LogP contribution in [0.1, 0.15) is 24.5 Å². The molecule has 6 nitrogen and oxygen atoms in total. The zero-order chi connectivity index (χ0) is 19.2. The van der Waals surface area contributed by atoms with Gasteiger partial charge >= 0.3 is 5.97 Å². The molecule has 0 saturated carbocycles. The van der Waals surface area contributed by atoms with Gasteiger partial charge in [-0.2, -0.15) is 0 Å². The SMILES string of the molecule is COc1ccc(NC(=O)C(C)OC(=O)COc2ccc3c(c2)CCC3)cc1. The summed E-state index contributed by atoms with van der Waals surface area (Å²) in [5.74, 6) is 0.332. The van der Waals surface area contributed by atoms with Gasteiger partial charge in [0, 0.05) is 5.69 Å². The van der Waals surface area contributed by atoms with Gasteiger partial charge in [0.15, 0.2) is 12.7 Å². The lowest BCUT2D eigenvalue weighted by Crippen LogP contribution is -2.31. The first kappa shape index (κ1) is 18.8. The molecule has 3 rings (SSSR count). The number of benzene rings is 2. The quantitative estimate of drug-likeness (QED) is 0.759. The molecule has 1 aliphatic rings. The Bertz CT molecular complexity index is 816. The van der Waals surface area contributed by atoms with Gasteiger partial charge in [0.1, 0.15) is 11.5 Å². The summed E-state index contributed by atoms with van der Waals surface area (Å²) in [5, 5.41) is 2.69. The van der Waals surface area contributed by atoms with Crippen LogP contribution < -0.4 is 14.8 Å². The summed E-state index contributed by atoms with van der Waals surface area (Å²) in [6, 6.07) is 12.7. The second-order valence-electron chi connectivity index (χ2n) is 6.42. The predicted molar refractivity (Wildman–Crippen MR) is 101 cm³/mol. The van der Waals surface area contributed by atoms with Crippen molar-refractivity contribution in [2.45, 2.75) is 32.3 Å². The zero-order valence-electron chi connectivity index (χ0n) is 15.5. The lowest BCUT2D eigenvalue weighted by molar-refractivity contribution is -0.155. The first-order chi connectivity index (χ1) is 13.0. The second-order valence-corrected chi connectivity index (χ2v) is 6.42. The first-order valence-electron chi connectivity index (χ1n) is 8.94. The Morgan fingerprint density at radius 2 is 1.74 bits per heavy atom. The first-order valence-corrected chi connectivity index (χ1v) is 8.94. The normalized spacial score (nSPS) is 13.4. The zero-order valence-corrected chi connectivity index (χ0v) is 15.5. The van der Waals surface area contributed by atoms with E-state index in [2.05, 4.69) is 5.32 Å². The summed E-state index contributed by atoms with van der Waals surface area (Å²) in [4.78, 5) is 24.1. The van der Waals surface area contributed by atoms with E-state index in [9.17, 15) is 9.59 Å². The van der Waals surface area contributed by atoms with Gasteiger partial charge in [-0.05, 0) is 73.7 Å². The van der Waals surface area contributed by atoms with Crippen molar-refractivity contribution in [1.29, 1.82) is 0 Å². The molecule has 1 atom stereocenters. The maximum absolute atomic E-state index is 12.1. The largest absolute Gasteiger partial charge is 0.497 e. The molecule has 6 heteroatoms. The van der Waals surface area contributed by atoms with Crippen molar-refractivity contribution in [3.8, 4) is 11.5 Å². The molecule has 1 amide bonds. The summed E-state index contributed by atoms with van der Waals surface area (Å²) in [6.07, 6.45) is 2.36. The van der Waals surface area contributed by atoms with Gasteiger partial charge < -0.3 is 19.5 Å². The van der Waals surface area contributed by atoms with Crippen LogP contribution in [0.3, 0.4) is 0 Å². The van der Waals surface area contributed by atoms with Gasteiger partial charge in [-0.25, -0.2) is 4.79 Å². The van der Waals surface area contributed by atoms with Crippen LogP contribution in [0.4, 0.5) is 5.69 Å². The van der Waals surface area contributed by atoms with Crippen molar-refractivity contribution >= 4 is 17.6 Å². The van der Waals surface area contributed by atoms with Crippen LogP contribution in [0.2, 0.25) is 0 Å². The van der Waals surface area contributed by atoms with Gasteiger partial charge in [0.05, 0.1) is 7.11 Å². The van der Waals surface area contributed by atoms with E-state index in [0.29, 0.717) is 17.2 Å². The van der Waals surface area contributed by atoms with Crippen molar-refractivity contribution in [3.63, 3.8) is 0 Å². The van der Waals surface area contributed by atoms with Gasteiger partial charge in [0.2, 0.25) is 0 Å². The highest BCUT2D eigenvalue weighted by molar-refractivity contribution is 5.95. The standard InChI is InChI=1S/C21H23NO5/c1-14(21(24)22-17-7-10-18(25-2)11-8-17)27-20(23)13-26-19-9-6-15-4-3-5-16(15)12-19/h6-12,14H,3-5,13H2,1-2H3,(H,22,24). The molecule has 1 N–H and O–H groups in total. The number of aryl methyl sites for hydroxylation is 2. The van der Waals surface area contributed by atoms with Gasteiger partial charge in [-0.3, -0.25) is 4.79 Å². The van der Waals surface area contributed by atoms with Crippen LogP contribution in [0.15, 0.2) is 42.5 Å². The molecular weight excluding hydrogens is 346 g/mol. The van der Waals surface area contributed by atoms with Crippen LogP contribution in [0, 0.1) is 0 Å². The number of hydrogen-bond donors (Lipinski definition) is 1. The number of carbonyl (C=O) groups is 2. The molecular formula is C21H23NO5. The van der Waals surface area contributed by atoms with E-state index in [1.54, 1.807) is 31.4 Å². The van der Waals surface area contributed by atoms with Gasteiger partial charge in [0.25, 0.3) is 5.91 Å². The van der Waals surface area contributed by atoms with E-state index >= 15 is 0 Å². The Morgan fingerprint density at radius 3 is 2.48 bits per heavy atom.